The van der Waals surface area contributed by atoms with Crippen molar-refractivity contribution in [3.8, 4) is 17.1 Å². The van der Waals surface area contributed by atoms with E-state index in [0.717, 1.165) is 22.3 Å². The number of rotatable bonds is 4. The number of nitrogens with one attached hydrogen (secondary N) is 1. The number of methoxy groups -OCH3 is 1. The minimum Gasteiger partial charge on any atom is -0.467 e. The van der Waals surface area contributed by atoms with E-state index in [2.05, 4.69) is 20.3 Å². The zero-order valence-corrected chi connectivity index (χ0v) is 12.9. The molecule has 2 aromatic heterocycles. The topological polar surface area (TPSA) is 73.1 Å². The minimum absolute atomic E-state index is 0.343. The van der Waals surface area contributed by atoms with E-state index >= 15 is 0 Å². The third kappa shape index (κ3) is 2.77. The lowest BCUT2D eigenvalue weighted by atomic mass is 10.1. The number of oxazole rings is 1. The molecule has 1 N–H and O–H groups in total. The first-order valence-corrected chi connectivity index (χ1v) is 7.41. The zero-order valence-electron chi connectivity index (χ0n) is 12.9. The molecule has 0 fully saturated rings. The Morgan fingerprint density at radius 2 is 1.75 bits per heavy atom. The van der Waals surface area contributed by atoms with Crippen LogP contribution in [0.25, 0.3) is 22.2 Å². The van der Waals surface area contributed by atoms with Crippen LogP contribution in [0.4, 0.5) is 11.7 Å². The quantitative estimate of drug-likeness (QED) is 0.612. The average Bonchev–Trinajstić information content (AvgIpc) is 3.04. The van der Waals surface area contributed by atoms with E-state index in [0.29, 0.717) is 17.6 Å². The summed E-state index contributed by atoms with van der Waals surface area (Å²) in [6.45, 7) is 0. The fourth-order valence-electron chi connectivity index (χ4n) is 2.38. The first-order valence-electron chi connectivity index (χ1n) is 7.41. The molecule has 0 bridgehead atoms. The van der Waals surface area contributed by atoms with Crippen LogP contribution in [0.2, 0.25) is 0 Å². The van der Waals surface area contributed by atoms with Crippen molar-refractivity contribution in [2.24, 2.45) is 0 Å². The molecule has 0 atom stereocenters. The number of hydrogen-bond acceptors (Lipinski definition) is 6. The maximum Gasteiger partial charge on any atom is 0.316 e. The van der Waals surface area contributed by atoms with E-state index in [4.69, 9.17) is 9.15 Å². The fourth-order valence-corrected chi connectivity index (χ4v) is 2.38. The van der Waals surface area contributed by atoms with E-state index in [1.54, 1.807) is 12.4 Å². The molecule has 24 heavy (non-hydrogen) atoms. The van der Waals surface area contributed by atoms with Crippen LogP contribution < -0.4 is 10.1 Å². The molecule has 6 nitrogen and oxygen atoms in total. The van der Waals surface area contributed by atoms with Gasteiger partial charge in [0.2, 0.25) is 0 Å². The van der Waals surface area contributed by atoms with Crippen LogP contribution in [0, 0.1) is 0 Å². The summed E-state index contributed by atoms with van der Waals surface area (Å²) in [5, 5.41) is 3.15. The van der Waals surface area contributed by atoms with Crippen LogP contribution in [0.5, 0.6) is 6.01 Å². The van der Waals surface area contributed by atoms with Gasteiger partial charge in [-0.3, -0.25) is 0 Å². The summed E-state index contributed by atoms with van der Waals surface area (Å²) in [6, 6.07) is 16.3. The van der Waals surface area contributed by atoms with Crippen LogP contribution in [0.3, 0.4) is 0 Å². The number of anilines is 2. The van der Waals surface area contributed by atoms with E-state index in [1.807, 2.05) is 48.5 Å². The SMILES string of the molecule is COc1ncc(-c2ccc3oc(Nc4ccccc4)nc3c2)cn1. The van der Waals surface area contributed by atoms with E-state index in [9.17, 15) is 0 Å². The molecule has 0 spiro atoms. The molecule has 4 rings (SSSR count). The first-order chi connectivity index (χ1) is 11.8. The molecule has 118 valence electrons. The van der Waals surface area contributed by atoms with Gasteiger partial charge in [0.1, 0.15) is 5.52 Å². The van der Waals surface area contributed by atoms with Crippen LogP contribution in [-0.2, 0) is 0 Å². The second-order valence-corrected chi connectivity index (χ2v) is 5.15. The Morgan fingerprint density at radius 1 is 0.958 bits per heavy atom. The van der Waals surface area contributed by atoms with Crippen molar-refractivity contribution in [1.29, 1.82) is 0 Å². The number of benzene rings is 2. The molecular weight excluding hydrogens is 304 g/mol. The van der Waals surface area contributed by atoms with Crippen molar-refractivity contribution in [2.45, 2.75) is 0 Å². The Kier molecular flexibility index (Phi) is 3.55. The highest BCUT2D eigenvalue weighted by Crippen LogP contribution is 2.27. The summed E-state index contributed by atoms with van der Waals surface area (Å²) < 4.78 is 10.7. The molecule has 2 heterocycles. The van der Waals surface area contributed by atoms with Crippen molar-refractivity contribution in [2.75, 3.05) is 12.4 Å². The summed E-state index contributed by atoms with van der Waals surface area (Å²) in [7, 11) is 1.54. The van der Waals surface area contributed by atoms with Crippen molar-refractivity contribution >= 4 is 22.8 Å². The standard InChI is InChI=1S/C18H14N4O2/c1-23-17-19-10-13(11-20-17)12-7-8-16-15(9-12)22-18(24-16)21-14-5-3-2-4-6-14/h2-11H,1H3,(H,21,22). The Hall–Kier alpha value is -3.41. The highest BCUT2D eigenvalue weighted by molar-refractivity contribution is 5.81. The summed E-state index contributed by atoms with van der Waals surface area (Å²) >= 11 is 0. The molecule has 0 aliphatic carbocycles. The van der Waals surface area contributed by atoms with E-state index < -0.39 is 0 Å². The van der Waals surface area contributed by atoms with Crippen LogP contribution in [0.1, 0.15) is 0 Å². The second kappa shape index (κ2) is 6.00. The van der Waals surface area contributed by atoms with Crippen LogP contribution >= 0.6 is 0 Å². The summed E-state index contributed by atoms with van der Waals surface area (Å²) in [4.78, 5) is 12.7. The van der Waals surface area contributed by atoms with Gasteiger partial charge >= 0.3 is 6.01 Å². The first kappa shape index (κ1) is 14.2. The number of nitrogens with zero attached hydrogens (tertiary/aromatic N) is 3. The average molecular weight is 318 g/mol. The lowest BCUT2D eigenvalue weighted by Crippen LogP contribution is -1.91. The molecule has 0 radical (unpaired) electrons. The summed E-state index contributed by atoms with van der Waals surface area (Å²) in [6.07, 6.45) is 3.44. The molecule has 2 aromatic carbocycles. The molecule has 0 aliphatic heterocycles. The Labute approximate surface area is 138 Å². The zero-order chi connectivity index (χ0) is 16.4. The van der Waals surface area contributed by atoms with Crippen molar-refractivity contribution < 1.29 is 9.15 Å². The van der Waals surface area contributed by atoms with Gasteiger partial charge < -0.3 is 14.5 Å². The van der Waals surface area contributed by atoms with Crippen molar-refractivity contribution in [1.82, 2.24) is 15.0 Å². The van der Waals surface area contributed by atoms with Gasteiger partial charge in [0.15, 0.2) is 5.58 Å². The Balaban J connectivity index is 1.65. The number of fused-ring (bicyclic) bond motifs is 1. The van der Waals surface area contributed by atoms with E-state index in [1.165, 1.54) is 7.11 Å². The van der Waals surface area contributed by atoms with Crippen molar-refractivity contribution in [3.63, 3.8) is 0 Å². The molecule has 0 amide bonds. The van der Waals surface area contributed by atoms with Gasteiger partial charge in [0, 0.05) is 23.6 Å². The monoisotopic (exact) mass is 318 g/mol. The number of hydrogen-bond donors (Lipinski definition) is 1. The smallest absolute Gasteiger partial charge is 0.316 e. The minimum atomic E-state index is 0.343. The van der Waals surface area contributed by atoms with Crippen LogP contribution in [-0.4, -0.2) is 22.1 Å². The Bertz CT molecular complexity index is 965. The van der Waals surface area contributed by atoms with E-state index in [-0.39, 0.29) is 0 Å². The van der Waals surface area contributed by atoms with Crippen LogP contribution in [0.15, 0.2) is 65.3 Å². The van der Waals surface area contributed by atoms with Gasteiger partial charge in [-0.05, 0) is 29.8 Å². The maximum absolute atomic E-state index is 5.73. The Morgan fingerprint density at radius 3 is 2.50 bits per heavy atom. The summed E-state index contributed by atoms with van der Waals surface area (Å²) in [5.41, 5.74) is 4.25. The maximum atomic E-state index is 5.73. The molecule has 0 aliphatic rings. The lowest BCUT2D eigenvalue weighted by molar-refractivity contribution is 0.380. The molecule has 0 unspecified atom stereocenters. The third-order valence-electron chi connectivity index (χ3n) is 3.56. The van der Waals surface area contributed by atoms with Gasteiger partial charge in [-0.25, -0.2) is 9.97 Å². The number of ether oxygens (including phenoxy) is 1. The van der Waals surface area contributed by atoms with Gasteiger partial charge in [-0.2, -0.15) is 4.98 Å². The number of aromatic nitrogens is 3. The third-order valence-corrected chi connectivity index (χ3v) is 3.56. The predicted molar refractivity (Wildman–Crippen MR) is 91.3 cm³/mol. The highest BCUT2D eigenvalue weighted by Gasteiger charge is 2.08. The summed E-state index contributed by atoms with van der Waals surface area (Å²) in [5.74, 6) is 0. The fraction of sp³-hybridized carbons (Fsp3) is 0.0556. The molecule has 6 heteroatoms. The van der Waals surface area contributed by atoms with Gasteiger partial charge in [0.05, 0.1) is 7.11 Å². The highest BCUT2D eigenvalue weighted by atomic mass is 16.5. The van der Waals surface area contributed by atoms with Gasteiger partial charge in [0.25, 0.3) is 6.01 Å². The van der Waals surface area contributed by atoms with Crippen molar-refractivity contribution in [3.05, 3.63) is 60.9 Å². The normalized spacial score (nSPS) is 10.7. The predicted octanol–water partition coefficient (Wildman–Crippen LogP) is 4.04. The van der Waals surface area contributed by atoms with Gasteiger partial charge in [-0.1, -0.05) is 24.3 Å². The molecular formula is C18H14N4O2. The largest absolute Gasteiger partial charge is 0.467 e. The second-order valence-electron chi connectivity index (χ2n) is 5.15. The molecule has 4 aromatic rings. The van der Waals surface area contributed by atoms with Gasteiger partial charge in [-0.15, -0.1) is 0 Å². The molecule has 0 saturated carbocycles. The lowest BCUT2D eigenvalue weighted by Gasteiger charge is -2.01. The molecule has 0 saturated heterocycles. The number of para-hydroxylation sites is 1.